The fourth-order valence-electron chi connectivity index (χ4n) is 3.77. The van der Waals surface area contributed by atoms with E-state index in [0.717, 1.165) is 34.8 Å². The summed E-state index contributed by atoms with van der Waals surface area (Å²) in [5, 5.41) is 16.9. The van der Waals surface area contributed by atoms with Crippen molar-refractivity contribution in [3.63, 3.8) is 0 Å². The molecule has 1 N–H and O–H groups in total. The average Bonchev–Trinajstić information content (AvgIpc) is 3.13. The molecule has 0 saturated carbocycles. The van der Waals surface area contributed by atoms with Crippen LogP contribution in [0, 0.1) is 22.0 Å². The molecular weight excluding hydrogens is 406 g/mol. The molecule has 0 bridgehead atoms. The molecule has 7 heteroatoms. The highest BCUT2D eigenvalue weighted by atomic mass is 32.1. The molecule has 162 valence electrons. The van der Waals surface area contributed by atoms with E-state index in [-0.39, 0.29) is 5.92 Å². The summed E-state index contributed by atoms with van der Waals surface area (Å²) in [6.45, 7) is 9.44. The Bertz CT molecular complexity index is 1170. The van der Waals surface area contributed by atoms with E-state index in [1.807, 2.05) is 34.9 Å². The zero-order valence-corrected chi connectivity index (χ0v) is 19.7. The fraction of sp³-hybridized carbons (Fsp3) is 0.375. The van der Waals surface area contributed by atoms with E-state index in [4.69, 9.17) is 17.0 Å². The molecule has 0 aliphatic carbocycles. The lowest BCUT2D eigenvalue weighted by molar-refractivity contribution is 0.414. The number of hydrogen-bond donors (Lipinski definition) is 1. The first-order valence-corrected chi connectivity index (χ1v) is 10.8. The van der Waals surface area contributed by atoms with Crippen molar-refractivity contribution in [2.45, 2.75) is 33.6 Å². The first-order valence-electron chi connectivity index (χ1n) is 10.4. The van der Waals surface area contributed by atoms with Gasteiger partial charge in [-0.2, -0.15) is 10.4 Å². The van der Waals surface area contributed by atoms with Crippen molar-refractivity contribution in [2.24, 2.45) is 5.92 Å². The summed E-state index contributed by atoms with van der Waals surface area (Å²) in [5.41, 5.74) is 4.47. The van der Waals surface area contributed by atoms with Crippen molar-refractivity contribution >= 4 is 17.9 Å². The molecule has 3 aromatic rings. The molecule has 31 heavy (non-hydrogen) atoms. The minimum atomic E-state index is 0.224. The Labute approximate surface area is 189 Å². The maximum atomic E-state index is 9.45. The Hall–Kier alpha value is -3.11. The molecule has 0 unspecified atom stereocenters. The van der Waals surface area contributed by atoms with Crippen LogP contribution < -0.4 is 9.64 Å². The predicted molar refractivity (Wildman–Crippen MR) is 128 cm³/mol. The lowest BCUT2D eigenvalue weighted by Gasteiger charge is -2.24. The molecule has 0 saturated heterocycles. The van der Waals surface area contributed by atoms with E-state index in [9.17, 15) is 5.26 Å². The zero-order valence-electron chi connectivity index (χ0n) is 18.9. The van der Waals surface area contributed by atoms with Crippen LogP contribution in [0.15, 0.2) is 36.4 Å². The molecule has 3 rings (SSSR count). The van der Waals surface area contributed by atoms with E-state index < -0.39 is 0 Å². The summed E-state index contributed by atoms with van der Waals surface area (Å²) in [7, 11) is 3.74. The van der Waals surface area contributed by atoms with Crippen LogP contribution in [0.2, 0.25) is 0 Å². The molecule has 1 aromatic heterocycles. The number of methoxy groups -OCH3 is 1. The molecule has 0 amide bonds. The van der Waals surface area contributed by atoms with Gasteiger partial charge in [-0.15, -0.1) is 0 Å². The number of benzene rings is 2. The molecule has 2 aromatic carbocycles. The third-order valence-corrected chi connectivity index (χ3v) is 5.47. The van der Waals surface area contributed by atoms with Gasteiger partial charge in [-0.3, -0.25) is 9.67 Å². The van der Waals surface area contributed by atoms with Crippen LogP contribution in [0.1, 0.15) is 44.7 Å². The van der Waals surface area contributed by atoms with Crippen molar-refractivity contribution in [2.75, 3.05) is 25.6 Å². The summed E-state index contributed by atoms with van der Waals surface area (Å²) in [5.74, 6) is 2.25. The first-order chi connectivity index (χ1) is 14.8. The number of nitrogens with zero attached hydrogens (tertiary/aromatic N) is 4. The molecule has 0 aliphatic heterocycles. The lowest BCUT2D eigenvalue weighted by Crippen LogP contribution is -2.23. The van der Waals surface area contributed by atoms with E-state index >= 15 is 0 Å². The van der Waals surface area contributed by atoms with Gasteiger partial charge >= 0.3 is 0 Å². The summed E-state index contributed by atoms with van der Waals surface area (Å²) < 4.78 is 8.03. The van der Waals surface area contributed by atoms with E-state index in [2.05, 4.69) is 62.0 Å². The topological polar surface area (TPSA) is 69.9 Å². The van der Waals surface area contributed by atoms with Crippen LogP contribution in [0.4, 0.5) is 5.69 Å². The Morgan fingerprint density at radius 1 is 1.19 bits per heavy atom. The second-order valence-electron chi connectivity index (χ2n) is 8.39. The third kappa shape index (κ3) is 4.64. The fourth-order valence-corrected chi connectivity index (χ4v) is 4.01. The van der Waals surface area contributed by atoms with Crippen LogP contribution in [0.3, 0.4) is 0 Å². The number of aromatic nitrogens is 3. The molecule has 6 nitrogen and oxygen atoms in total. The van der Waals surface area contributed by atoms with Crippen LogP contribution in [-0.2, 0) is 0 Å². The second-order valence-corrected chi connectivity index (χ2v) is 8.77. The Balaban J connectivity index is 2.15. The summed E-state index contributed by atoms with van der Waals surface area (Å²) in [6, 6.07) is 14.1. The van der Waals surface area contributed by atoms with Gasteiger partial charge in [0.15, 0.2) is 10.6 Å². The van der Waals surface area contributed by atoms with Crippen LogP contribution >= 0.6 is 12.2 Å². The number of aromatic amines is 1. The number of ether oxygens (including phenoxy) is 1. The van der Waals surface area contributed by atoms with Gasteiger partial charge in [-0.05, 0) is 66.0 Å². The van der Waals surface area contributed by atoms with Crippen molar-refractivity contribution in [1.82, 2.24) is 14.8 Å². The van der Waals surface area contributed by atoms with Crippen LogP contribution in [-0.4, -0.2) is 35.5 Å². The van der Waals surface area contributed by atoms with Gasteiger partial charge in [0.1, 0.15) is 5.75 Å². The number of nitrogens with one attached hydrogen (secondary N) is 1. The minimum absolute atomic E-state index is 0.224. The predicted octanol–water partition coefficient (Wildman–Crippen LogP) is 5.69. The number of rotatable bonds is 7. The Kier molecular flexibility index (Phi) is 6.81. The standard InChI is InChI=1S/C24H29N5OS/c1-15(2)14-28(5)21-12-19(9-10-22(21)30-6)29-23(26-27-24(29)31)17-7-8-18(13-25)20(11-17)16(3)4/h7-12,15-16H,14H2,1-6H3,(H,27,31). The van der Waals surface area contributed by atoms with Crippen molar-refractivity contribution in [3.8, 4) is 28.9 Å². The zero-order chi connectivity index (χ0) is 22.7. The van der Waals surface area contributed by atoms with Gasteiger partial charge in [-0.1, -0.05) is 27.7 Å². The summed E-state index contributed by atoms with van der Waals surface area (Å²) >= 11 is 5.58. The van der Waals surface area contributed by atoms with Gasteiger partial charge in [0.05, 0.1) is 30.1 Å². The monoisotopic (exact) mass is 435 g/mol. The largest absolute Gasteiger partial charge is 0.495 e. The summed E-state index contributed by atoms with van der Waals surface area (Å²) in [4.78, 5) is 2.19. The average molecular weight is 436 g/mol. The quantitative estimate of drug-likeness (QED) is 0.483. The smallest absolute Gasteiger partial charge is 0.200 e. The number of nitriles is 1. The molecule has 0 spiro atoms. The maximum Gasteiger partial charge on any atom is 0.200 e. The lowest BCUT2D eigenvalue weighted by atomic mass is 9.95. The van der Waals surface area contributed by atoms with Crippen molar-refractivity contribution in [1.29, 1.82) is 5.26 Å². The minimum Gasteiger partial charge on any atom is -0.495 e. The Morgan fingerprint density at radius 3 is 2.55 bits per heavy atom. The highest BCUT2D eigenvalue weighted by Crippen LogP contribution is 2.33. The van der Waals surface area contributed by atoms with Crippen LogP contribution in [0.5, 0.6) is 5.75 Å². The molecule has 0 aliphatic rings. The Morgan fingerprint density at radius 2 is 1.94 bits per heavy atom. The van der Waals surface area contributed by atoms with Crippen molar-refractivity contribution < 1.29 is 4.74 Å². The number of hydrogen-bond acceptors (Lipinski definition) is 5. The molecular formula is C24H29N5OS. The number of anilines is 1. The SMILES string of the molecule is COc1ccc(-n2c(-c3ccc(C#N)c(C(C)C)c3)n[nH]c2=S)cc1N(C)CC(C)C. The van der Waals surface area contributed by atoms with E-state index in [1.165, 1.54) is 0 Å². The van der Waals surface area contributed by atoms with Gasteiger partial charge in [0, 0.05) is 19.2 Å². The van der Waals surface area contributed by atoms with Gasteiger partial charge < -0.3 is 9.64 Å². The molecule has 0 atom stereocenters. The molecule has 1 heterocycles. The van der Waals surface area contributed by atoms with E-state index in [1.54, 1.807) is 7.11 Å². The second kappa shape index (κ2) is 9.36. The highest BCUT2D eigenvalue weighted by molar-refractivity contribution is 7.71. The first kappa shape index (κ1) is 22.6. The number of H-pyrrole nitrogens is 1. The van der Waals surface area contributed by atoms with E-state index in [0.29, 0.717) is 22.1 Å². The van der Waals surface area contributed by atoms with Gasteiger partial charge in [0.25, 0.3) is 0 Å². The third-order valence-electron chi connectivity index (χ3n) is 5.20. The van der Waals surface area contributed by atoms with Crippen LogP contribution in [0.25, 0.3) is 17.1 Å². The van der Waals surface area contributed by atoms with Gasteiger partial charge in [-0.25, -0.2) is 0 Å². The highest BCUT2D eigenvalue weighted by Gasteiger charge is 2.17. The summed E-state index contributed by atoms with van der Waals surface area (Å²) in [6.07, 6.45) is 0. The van der Waals surface area contributed by atoms with Gasteiger partial charge in [0.2, 0.25) is 0 Å². The normalized spacial score (nSPS) is 11.1. The molecule has 0 radical (unpaired) electrons. The van der Waals surface area contributed by atoms with Crippen molar-refractivity contribution in [3.05, 3.63) is 52.3 Å². The maximum absolute atomic E-state index is 9.45. The molecule has 0 fully saturated rings.